The third kappa shape index (κ3) is 3.51. The number of amides is 1. The second-order valence-corrected chi connectivity index (χ2v) is 5.71. The van der Waals surface area contributed by atoms with Gasteiger partial charge in [0.05, 0.1) is 11.6 Å². The summed E-state index contributed by atoms with van der Waals surface area (Å²) in [6.07, 6.45) is 4.07. The predicted octanol–water partition coefficient (Wildman–Crippen LogP) is 1.52. The van der Waals surface area contributed by atoms with Crippen molar-refractivity contribution in [2.75, 3.05) is 5.32 Å². The Hall–Kier alpha value is -2.11. The molecule has 0 aromatic carbocycles. The average molecular weight is 292 g/mol. The Labute approximate surface area is 122 Å². The van der Waals surface area contributed by atoms with Crippen LogP contribution >= 0.6 is 0 Å². The first-order valence-electron chi connectivity index (χ1n) is 7.09. The number of aromatic nitrogens is 1. The smallest absolute Gasteiger partial charge is 0.306 e. The summed E-state index contributed by atoms with van der Waals surface area (Å²) in [6.45, 7) is 1.76. The number of pyridine rings is 1. The van der Waals surface area contributed by atoms with E-state index in [-0.39, 0.29) is 17.4 Å². The van der Waals surface area contributed by atoms with Gasteiger partial charge < -0.3 is 15.0 Å². The van der Waals surface area contributed by atoms with Crippen LogP contribution in [0.25, 0.3) is 0 Å². The number of carbonyl (C=O) groups is 2. The lowest BCUT2D eigenvalue weighted by Crippen LogP contribution is -2.31. The number of carboxylic acids is 1. The highest BCUT2D eigenvalue weighted by Gasteiger charge is 2.31. The maximum Gasteiger partial charge on any atom is 0.306 e. The van der Waals surface area contributed by atoms with Crippen LogP contribution in [0.4, 0.5) is 5.69 Å². The average Bonchev–Trinajstić information content (AvgIpc) is 2.44. The van der Waals surface area contributed by atoms with Crippen molar-refractivity contribution in [1.82, 2.24) is 4.57 Å². The zero-order valence-electron chi connectivity index (χ0n) is 12.3. The van der Waals surface area contributed by atoms with Gasteiger partial charge in [-0.1, -0.05) is 6.42 Å². The van der Waals surface area contributed by atoms with Crippen LogP contribution in [0.2, 0.25) is 0 Å². The Morgan fingerprint density at radius 3 is 2.67 bits per heavy atom. The molecule has 0 bridgehead atoms. The molecule has 6 nitrogen and oxygen atoms in total. The quantitative estimate of drug-likeness (QED) is 0.884. The SMILES string of the molecule is Cc1cc(=O)n(C)cc1NC(=O)C1CCCC(C(=O)O)C1. The van der Waals surface area contributed by atoms with Gasteiger partial charge in [-0.2, -0.15) is 0 Å². The zero-order valence-corrected chi connectivity index (χ0v) is 12.3. The molecule has 1 fully saturated rings. The summed E-state index contributed by atoms with van der Waals surface area (Å²) in [7, 11) is 1.62. The van der Waals surface area contributed by atoms with Crippen LogP contribution in [0, 0.1) is 18.8 Å². The molecule has 2 rings (SSSR count). The molecule has 1 aliphatic carbocycles. The summed E-state index contributed by atoms with van der Waals surface area (Å²) in [5.74, 6) is -1.71. The molecule has 1 aliphatic rings. The molecule has 6 heteroatoms. The van der Waals surface area contributed by atoms with Gasteiger partial charge in [0.25, 0.3) is 5.56 Å². The summed E-state index contributed by atoms with van der Waals surface area (Å²) in [6, 6.07) is 1.47. The minimum Gasteiger partial charge on any atom is -0.481 e. The summed E-state index contributed by atoms with van der Waals surface area (Å²) in [5.41, 5.74) is 1.17. The molecule has 0 saturated heterocycles. The molecule has 2 unspecified atom stereocenters. The molecular weight excluding hydrogens is 272 g/mol. The first kappa shape index (κ1) is 15.3. The Balaban J connectivity index is 2.09. The van der Waals surface area contributed by atoms with Gasteiger partial charge in [-0.25, -0.2) is 0 Å². The Morgan fingerprint density at radius 2 is 2.00 bits per heavy atom. The minimum absolute atomic E-state index is 0.130. The lowest BCUT2D eigenvalue weighted by molar-refractivity contribution is -0.143. The van der Waals surface area contributed by atoms with Crippen molar-refractivity contribution < 1.29 is 14.7 Å². The molecule has 0 spiro atoms. The minimum atomic E-state index is -0.828. The number of rotatable bonds is 3. The first-order chi connectivity index (χ1) is 9.88. The van der Waals surface area contributed by atoms with E-state index >= 15 is 0 Å². The van der Waals surface area contributed by atoms with Gasteiger partial charge in [0, 0.05) is 25.2 Å². The number of carboxylic acid groups (broad SMARTS) is 1. The Kier molecular flexibility index (Phi) is 4.45. The normalized spacial score (nSPS) is 21.8. The monoisotopic (exact) mass is 292 g/mol. The van der Waals surface area contributed by atoms with Crippen molar-refractivity contribution in [3.8, 4) is 0 Å². The number of aliphatic carboxylic acids is 1. The van der Waals surface area contributed by atoms with Gasteiger partial charge in [-0.3, -0.25) is 14.4 Å². The summed E-state index contributed by atoms with van der Waals surface area (Å²) in [5, 5.41) is 11.9. The largest absolute Gasteiger partial charge is 0.481 e. The number of nitrogens with zero attached hydrogens (tertiary/aromatic N) is 1. The van der Waals surface area contributed by atoms with E-state index in [2.05, 4.69) is 5.32 Å². The highest BCUT2D eigenvalue weighted by atomic mass is 16.4. The van der Waals surface area contributed by atoms with Crippen LogP contribution in [0.1, 0.15) is 31.2 Å². The highest BCUT2D eigenvalue weighted by molar-refractivity contribution is 5.93. The molecular formula is C15H20N2O4. The van der Waals surface area contributed by atoms with Gasteiger partial charge in [-0.15, -0.1) is 0 Å². The molecule has 2 atom stereocenters. The van der Waals surface area contributed by atoms with Gasteiger partial charge in [0.2, 0.25) is 5.91 Å². The molecule has 1 saturated carbocycles. The van der Waals surface area contributed by atoms with E-state index in [9.17, 15) is 14.4 Å². The summed E-state index contributed by atoms with van der Waals surface area (Å²) >= 11 is 0. The van der Waals surface area contributed by atoms with Crippen molar-refractivity contribution >= 4 is 17.6 Å². The topological polar surface area (TPSA) is 88.4 Å². The second-order valence-electron chi connectivity index (χ2n) is 5.71. The maximum atomic E-state index is 12.3. The van der Waals surface area contributed by atoms with Crippen molar-refractivity contribution in [2.45, 2.75) is 32.6 Å². The zero-order chi connectivity index (χ0) is 15.6. The number of hydrogen-bond acceptors (Lipinski definition) is 3. The van der Waals surface area contributed by atoms with Crippen molar-refractivity contribution in [3.05, 3.63) is 28.2 Å². The van der Waals surface area contributed by atoms with E-state index in [1.165, 1.54) is 10.6 Å². The number of hydrogen-bond donors (Lipinski definition) is 2. The fourth-order valence-electron chi connectivity index (χ4n) is 2.74. The number of anilines is 1. The van der Waals surface area contributed by atoms with Crippen LogP contribution < -0.4 is 10.9 Å². The van der Waals surface area contributed by atoms with Crippen LogP contribution in [-0.4, -0.2) is 21.6 Å². The van der Waals surface area contributed by atoms with E-state index < -0.39 is 11.9 Å². The van der Waals surface area contributed by atoms with Crippen LogP contribution in [0.15, 0.2) is 17.1 Å². The molecule has 21 heavy (non-hydrogen) atoms. The molecule has 1 heterocycles. The predicted molar refractivity (Wildman–Crippen MR) is 78.1 cm³/mol. The second kappa shape index (κ2) is 6.11. The summed E-state index contributed by atoms with van der Waals surface area (Å²) in [4.78, 5) is 34.8. The van der Waals surface area contributed by atoms with Gasteiger partial charge in [0.1, 0.15) is 0 Å². The van der Waals surface area contributed by atoms with Gasteiger partial charge in [0.15, 0.2) is 0 Å². The third-order valence-corrected chi connectivity index (χ3v) is 4.09. The third-order valence-electron chi connectivity index (χ3n) is 4.09. The Bertz CT molecular complexity index is 621. The van der Waals surface area contributed by atoms with E-state index in [0.29, 0.717) is 30.5 Å². The standard InChI is InChI=1S/C15H20N2O4/c1-9-6-13(18)17(2)8-12(9)16-14(19)10-4-3-5-11(7-10)15(20)21/h6,8,10-11H,3-5,7H2,1-2H3,(H,16,19)(H,20,21). The van der Waals surface area contributed by atoms with Crippen LogP contribution in [0.5, 0.6) is 0 Å². The Morgan fingerprint density at radius 1 is 1.33 bits per heavy atom. The fourth-order valence-corrected chi connectivity index (χ4v) is 2.74. The molecule has 2 N–H and O–H groups in total. The van der Waals surface area contributed by atoms with Crippen molar-refractivity contribution in [3.63, 3.8) is 0 Å². The lowest BCUT2D eigenvalue weighted by Gasteiger charge is -2.26. The van der Waals surface area contributed by atoms with Crippen molar-refractivity contribution in [2.24, 2.45) is 18.9 Å². The van der Waals surface area contributed by atoms with E-state index in [0.717, 1.165) is 6.42 Å². The van der Waals surface area contributed by atoms with E-state index in [4.69, 9.17) is 5.11 Å². The highest BCUT2D eigenvalue weighted by Crippen LogP contribution is 2.30. The molecule has 0 radical (unpaired) electrons. The molecule has 0 aliphatic heterocycles. The van der Waals surface area contributed by atoms with Crippen LogP contribution in [-0.2, 0) is 16.6 Å². The lowest BCUT2D eigenvalue weighted by atomic mass is 9.81. The van der Waals surface area contributed by atoms with E-state index in [1.807, 2.05) is 0 Å². The van der Waals surface area contributed by atoms with Crippen molar-refractivity contribution in [1.29, 1.82) is 0 Å². The van der Waals surface area contributed by atoms with Gasteiger partial charge in [-0.05, 0) is 31.7 Å². The summed E-state index contributed by atoms with van der Waals surface area (Å²) < 4.78 is 1.41. The number of carbonyl (C=O) groups excluding carboxylic acids is 1. The van der Waals surface area contributed by atoms with Gasteiger partial charge >= 0.3 is 5.97 Å². The fraction of sp³-hybridized carbons (Fsp3) is 0.533. The van der Waals surface area contributed by atoms with Crippen LogP contribution in [0.3, 0.4) is 0 Å². The number of nitrogens with one attached hydrogen (secondary N) is 1. The van der Waals surface area contributed by atoms with E-state index in [1.54, 1.807) is 20.2 Å². The maximum absolute atomic E-state index is 12.3. The molecule has 1 aromatic heterocycles. The first-order valence-corrected chi connectivity index (χ1v) is 7.09. The molecule has 1 amide bonds. The molecule has 114 valence electrons. The molecule has 1 aromatic rings. The number of aryl methyl sites for hydroxylation is 2.